The van der Waals surface area contributed by atoms with E-state index in [0.717, 1.165) is 12.8 Å². The first kappa shape index (κ1) is 13.8. The number of nitrogens with two attached hydrogens (primary N) is 1. The molecular formula is C13H19ClN2O. The number of carbonyl (C=O) groups is 1. The van der Waals surface area contributed by atoms with Gasteiger partial charge in [-0.25, -0.2) is 0 Å². The number of benzene rings is 1. The van der Waals surface area contributed by atoms with Gasteiger partial charge in [-0.15, -0.1) is 0 Å². The van der Waals surface area contributed by atoms with Crippen molar-refractivity contribution >= 4 is 28.9 Å². The zero-order valence-corrected chi connectivity index (χ0v) is 10.9. The summed E-state index contributed by atoms with van der Waals surface area (Å²) in [6.45, 7) is 2.15. The molecule has 0 saturated heterocycles. The van der Waals surface area contributed by atoms with Gasteiger partial charge in [0.2, 0.25) is 5.91 Å². The Bertz CT molecular complexity index is 380. The highest BCUT2D eigenvalue weighted by atomic mass is 35.5. The Morgan fingerprint density at radius 1 is 1.35 bits per heavy atom. The number of halogens is 1. The molecule has 0 aliphatic carbocycles. The summed E-state index contributed by atoms with van der Waals surface area (Å²) in [5.74, 6) is 0.0296. The van der Waals surface area contributed by atoms with E-state index in [0.29, 0.717) is 22.8 Å². The molecule has 0 heterocycles. The number of anilines is 2. The van der Waals surface area contributed by atoms with Gasteiger partial charge in [-0.1, -0.05) is 37.8 Å². The lowest BCUT2D eigenvalue weighted by atomic mass is 10.1. The van der Waals surface area contributed by atoms with Gasteiger partial charge in [0.15, 0.2) is 0 Å². The summed E-state index contributed by atoms with van der Waals surface area (Å²) in [5, 5.41) is 3.27. The number of nitrogen functional groups attached to an aromatic ring is 1. The van der Waals surface area contributed by atoms with Crippen molar-refractivity contribution in [3.8, 4) is 0 Å². The van der Waals surface area contributed by atoms with Crippen LogP contribution in [0.15, 0.2) is 18.2 Å². The molecular weight excluding hydrogens is 236 g/mol. The van der Waals surface area contributed by atoms with Crippen LogP contribution in [-0.4, -0.2) is 5.91 Å². The third-order valence-electron chi connectivity index (χ3n) is 2.54. The fraction of sp³-hybridized carbons (Fsp3) is 0.462. The number of rotatable bonds is 6. The van der Waals surface area contributed by atoms with Crippen LogP contribution in [0.5, 0.6) is 0 Å². The van der Waals surface area contributed by atoms with Gasteiger partial charge in [-0.2, -0.15) is 0 Å². The molecule has 1 rings (SSSR count). The third-order valence-corrected chi connectivity index (χ3v) is 2.87. The Hall–Kier alpha value is -1.22. The molecule has 0 unspecified atom stereocenters. The van der Waals surface area contributed by atoms with Gasteiger partial charge >= 0.3 is 0 Å². The molecule has 0 aliphatic rings. The molecule has 3 N–H and O–H groups in total. The van der Waals surface area contributed by atoms with Crippen LogP contribution in [-0.2, 0) is 4.79 Å². The maximum absolute atomic E-state index is 11.6. The maximum atomic E-state index is 11.6. The predicted octanol–water partition coefficient (Wildman–Crippen LogP) is 3.83. The van der Waals surface area contributed by atoms with Crippen molar-refractivity contribution in [3.05, 3.63) is 23.2 Å². The SMILES string of the molecule is CCCCCCC(=O)Nc1ccc(N)c(Cl)c1. The molecule has 0 bridgehead atoms. The molecule has 1 aromatic carbocycles. The molecule has 17 heavy (non-hydrogen) atoms. The Morgan fingerprint density at radius 2 is 2.12 bits per heavy atom. The van der Waals surface area contributed by atoms with E-state index in [4.69, 9.17) is 17.3 Å². The summed E-state index contributed by atoms with van der Waals surface area (Å²) in [5.41, 5.74) is 6.81. The van der Waals surface area contributed by atoms with Crippen molar-refractivity contribution in [3.63, 3.8) is 0 Å². The van der Waals surface area contributed by atoms with Crippen LogP contribution in [0.1, 0.15) is 39.0 Å². The molecule has 94 valence electrons. The molecule has 0 aromatic heterocycles. The highest BCUT2D eigenvalue weighted by molar-refractivity contribution is 6.33. The number of hydrogen-bond acceptors (Lipinski definition) is 2. The average molecular weight is 255 g/mol. The minimum absolute atomic E-state index is 0.0296. The van der Waals surface area contributed by atoms with Crippen LogP contribution >= 0.6 is 11.6 Å². The van der Waals surface area contributed by atoms with Gasteiger partial charge in [0, 0.05) is 12.1 Å². The lowest BCUT2D eigenvalue weighted by molar-refractivity contribution is -0.116. The summed E-state index contributed by atoms with van der Waals surface area (Å²) >= 11 is 5.87. The second-order valence-electron chi connectivity index (χ2n) is 4.10. The second kappa shape index (κ2) is 7.17. The maximum Gasteiger partial charge on any atom is 0.224 e. The third kappa shape index (κ3) is 5.09. The van der Waals surface area contributed by atoms with E-state index in [1.165, 1.54) is 12.8 Å². The number of unbranched alkanes of at least 4 members (excludes halogenated alkanes) is 3. The average Bonchev–Trinajstić information content (AvgIpc) is 2.30. The summed E-state index contributed by atoms with van der Waals surface area (Å²) in [6, 6.07) is 5.11. The first-order valence-electron chi connectivity index (χ1n) is 5.98. The van der Waals surface area contributed by atoms with Crippen molar-refractivity contribution in [2.75, 3.05) is 11.1 Å². The van der Waals surface area contributed by atoms with Crippen LogP contribution in [0, 0.1) is 0 Å². The topological polar surface area (TPSA) is 55.1 Å². The predicted molar refractivity (Wildman–Crippen MR) is 73.3 cm³/mol. The van der Waals surface area contributed by atoms with E-state index in [1.54, 1.807) is 18.2 Å². The zero-order chi connectivity index (χ0) is 12.7. The molecule has 0 aliphatic heterocycles. The van der Waals surface area contributed by atoms with E-state index in [1.807, 2.05) is 0 Å². The molecule has 0 fully saturated rings. The number of nitrogens with one attached hydrogen (secondary N) is 1. The summed E-state index contributed by atoms with van der Waals surface area (Å²) in [4.78, 5) is 11.6. The van der Waals surface area contributed by atoms with Crippen LogP contribution in [0.25, 0.3) is 0 Å². The first-order valence-corrected chi connectivity index (χ1v) is 6.36. The monoisotopic (exact) mass is 254 g/mol. The number of hydrogen-bond donors (Lipinski definition) is 2. The molecule has 3 nitrogen and oxygen atoms in total. The van der Waals surface area contributed by atoms with Crippen LogP contribution in [0.4, 0.5) is 11.4 Å². The highest BCUT2D eigenvalue weighted by Gasteiger charge is 2.03. The normalized spacial score (nSPS) is 10.2. The van der Waals surface area contributed by atoms with E-state index >= 15 is 0 Å². The van der Waals surface area contributed by atoms with E-state index in [2.05, 4.69) is 12.2 Å². The molecule has 0 radical (unpaired) electrons. The molecule has 0 atom stereocenters. The fourth-order valence-corrected chi connectivity index (χ4v) is 1.72. The Kier molecular flexibility index (Phi) is 5.84. The summed E-state index contributed by atoms with van der Waals surface area (Å²) in [6.07, 6.45) is 4.95. The van der Waals surface area contributed by atoms with Gasteiger partial charge in [0.1, 0.15) is 0 Å². The minimum atomic E-state index is 0.0296. The van der Waals surface area contributed by atoms with Crippen LogP contribution in [0.2, 0.25) is 5.02 Å². The van der Waals surface area contributed by atoms with Gasteiger partial charge in [0.05, 0.1) is 10.7 Å². The van der Waals surface area contributed by atoms with Crippen molar-refractivity contribution in [2.24, 2.45) is 0 Å². The first-order chi connectivity index (χ1) is 8.13. The van der Waals surface area contributed by atoms with E-state index in [-0.39, 0.29) is 5.91 Å². The standard InChI is InChI=1S/C13H19ClN2O/c1-2-3-4-5-6-13(17)16-10-7-8-12(15)11(14)9-10/h7-9H,2-6,15H2,1H3,(H,16,17). The zero-order valence-electron chi connectivity index (χ0n) is 10.1. The van der Waals surface area contributed by atoms with E-state index in [9.17, 15) is 4.79 Å². The van der Waals surface area contributed by atoms with Crippen molar-refractivity contribution < 1.29 is 4.79 Å². The molecule has 0 spiro atoms. The van der Waals surface area contributed by atoms with Gasteiger partial charge in [-0.3, -0.25) is 4.79 Å². The lowest BCUT2D eigenvalue weighted by Crippen LogP contribution is -2.11. The molecule has 1 aromatic rings. The highest BCUT2D eigenvalue weighted by Crippen LogP contribution is 2.22. The smallest absolute Gasteiger partial charge is 0.224 e. The summed E-state index contributed by atoms with van der Waals surface area (Å²) < 4.78 is 0. The van der Waals surface area contributed by atoms with Crippen molar-refractivity contribution in [1.29, 1.82) is 0 Å². The lowest BCUT2D eigenvalue weighted by Gasteiger charge is -2.06. The Balaban J connectivity index is 2.37. The Morgan fingerprint density at radius 3 is 2.76 bits per heavy atom. The largest absolute Gasteiger partial charge is 0.398 e. The summed E-state index contributed by atoms with van der Waals surface area (Å²) in [7, 11) is 0. The minimum Gasteiger partial charge on any atom is -0.398 e. The van der Waals surface area contributed by atoms with Crippen LogP contribution < -0.4 is 11.1 Å². The van der Waals surface area contributed by atoms with E-state index < -0.39 is 0 Å². The molecule has 4 heteroatoms. The van der Waals surface area contributed by atoms with Gasteiger partial charge in [0.25, 0.3) is 0 Å². The van der Waals surface area contributed by atoms with Crippen LogP contribution in [0.3, 0.4) is 0 Å². The van der Waals surface area contributed by atoms with Gasteiger partial charge < -0.3 is 11.1 Å². The Labute approximate surface area is 107 Å². The molecule has 0 saturated carbocycles. The quantitative estimate of drug-likeness (QED) is 0.599. The van der Waals surface area contributed by atoms with Crippen molar-refractivity contribution in [2.45, 2.75) is 39.0 Å². The molecule has 1 amide bonds. The second-order valence-corrected chi connectivity index (χ2v) is 4.50. The van der Waals surface area contributed by atoms with Crippen molar-refractivity contribution in [1.82, 2.24) is 0 Å². The number of amides is 1. The van der Waals surface area contributed by atoms with Gasteiger partial charge in [-0.05, 0) is 24.6 Å². The fourth-order valence-electron chi connectivity index (χ4n) is 1.54. The number of carbonyl (C=O) groups excluding carboxylic acids is 1.